The second kappa shape index (κ2) is 5.97. The Morgan fingerprint density at radius 1 is 1.12 bits per heavy atom. The molecule has 1 aliphatic heterocycles. The summed E-state index contributed by atoms with van der Waals surface area (Å²) >= 11 is 0. The summed E-state index contributed by atoms with van der Waals surface area (Å²) in [6.45, 7) is 0.194. The van der Waals surface area contributed by atoms with Gasteiger partial charge in [-0.3, -0.25) is 14.5 Å². The lowest BCUT2D eigenvalue weighted by atomic mass is 9.96. The number of benzene rings is 2. The average molecular weight is 359 g/mol. The summed E-state index contributed by atoms with van der Waals surface area (Å²) in [6, 6.07) is 12.5. The predicted octanol–water partition coefficient (Wildman–Crippen LogP) is 4.20. The molecule has 6 heteroatoms. The number of alkyl halides is 2. The molecule has 2 atom stereocenters. The van der Waals surface area contributed by atoms with E-state index in [9.17, 15) is 22.8 Å². The minimum Gasteiger partial charge on any atom is -0.278 e. The minimum absolute atomic E-state index is 0.0410. The molecule has 0 N–H and O–H groups in total. The molecule has 2 aromatic carbocycles. The first kappa shape index (κ1) is 16.8. The van der Waals surface area contributed by atoms with Gasteiger partial charge >= 0.3 is 0 Å². The van der Waals surface area contributed by atoms with E-state index in [0.717, 1.165) is 11.6 Å². The Labute approximate surface area is 148 Å². The van der Waals surface area contributed by atoms with Crippen LogP contribution in [0.4, 0.5) is 13.2 Å². The van der Waals surface area contributed by atoms with Gasteiger partial charge < -0.3 is 0 Å². The summed E-state index contributed by atoms with van der Waals surface area (Å²) in [6.07, 6.45) is -2.34. The first-order chi connectivity index (χ1) is 12.4. The molecule has 0 bridgehead atoms. The molecule has 1 saturated carbocycles. The normalized spacial score (nSPS) is 24.8. The zero-order valence-corrected chi connectivity index (χ0v) is 13.8. The molecule has 2 fully saturated rings. The molecule has 4 rings (SSSR count). The number of amides is 2. The molecule has 2 unspecified atom stereocenters. The molecular weight excluding hydrogens is 343 g/mol. The zero-order chi connectivity index (χ0) is 18.5. The molecular formula is C20H16F3NO2. The minimum atomic E-state index is -2.75. The zero-order valence-electron chi connectivity index (χ0n) is 13.8. The van der Waals surface area contributed by atoms with Crippen LogP contribution in [-0.4, -0.2) is 16.7 Å². The van der Waals surface area contributed by atoms with Crippen LogP contribution in [-0.2, 0) is 16.1 Å². The quantitative estimate of drug-likeness (QED) is 0.768. The van der Waals surface area contributed by atoms with Crippen LogP contribution in [0.25, 0.3) is 0 Å². The molecule has 1 heterocycles. The molecule has 0 aromatic heterocycles. The second-order valence-electron chi connectivity index (χ2n) is 6.94. The van der Waals surface area contributed by atoms with Crippen molar-refractivity contribution in [2.75, 3.05) is 0 Å². The van der Waals surface area contributed by atoms with E-state index in [1.54, 1.807) is 0 Å². The van der Waals surface area contributed by atoms with Gasteiger partial charge in [0.05, 0.1) is 12.0 Å². The highest BCUT2D eigenvalue weighted by Crippen LogP contribution is 2.65. The maximum atomic E-state index is 14.3. The van der Waals surface area contributed by atoms with Crippen molar-refractivity contribution in [1.82, 2.24) is 4.90 Å². The monoisotopic (exact) mass is 359 g/mol. The Morgan fingerprint density at radius 3 is 2.50 bits per heavy atom. The largest absolute Gasteiger partial charge is 0.278 e. The Bertz CT molecular complexity index is 884. The number of hydrogen-bond acceptors (Lipinski definition) is 2. The van der Waals surface area contributed by atoms with Crippen LogP contribution < -0.4 is 0 Å². The number of imide groups is 1. The topological polar surface area (TPSA) is 37.4 Å². The molecule has 2 aromatic rings. The third kappa shape index (κ3) is 2.60. The number of likely N-dealkylation sites (tertiary alicyclic amines) is 1. The summed E-state index contributed by atoms with van der Waals surface area (Å²) in [5.41, 5.74) is -0.229. The van der Waals surface area contributed by atoms with E-state index in [0.29, 0.717) is 6.42 Å². The van der Waals surface area contributed by atoms with Gasteiger partial charge in [-0.1, -0.05) is 42.5 Å². The number of rotatable bonds is 4. The SMILES string of the molecule is O=C1CC2(CC2c2ccc(C(F)F)cc2F)C(=O)N1Cc1ccccc1. The number of halogens is 3. The number of carbonyl (C=O) groups excluding carboxylic acids is 2. The second-order valence-corrected chi connectivity index (χ2v) is 6.94. The van der Waals surface area contributed by atoms with Crippen molar-refractivity contribution < 1.29 is 22.8 Å². The molecule has 26 heavy (non-hydrogen) atoms. The summed E-state index contributed by atoms with van der Waals surface area (Å²) in [4.78, 5) is 26.4. The Balaban J connectivity index is 1.56. The molecule has 1 saturated heterocycles. The van der Waals surface area contributed by atoms with Gasteiger partial charge in [0, 0.05) is 17.9 Å². The van der Waals surface area contributed by atoms with Crippen LogP contribution in [0, 0.1) is 11.2 Å². The van der Waals surface area contributed by atoms with Gasteiger partial charge in [-0.2, -0.15) is 0 Å². The Hall–Kier alpha value is -2.63. The molecule has 3 nitrogen and oxygen atoms in total. The fourth-order valence-electron chi connectivity index (χ4n) is 3.86. The fraction of sp³-hybridized carbons (Fsp3) is 0.300. The van der Waals surface area contributed by atoms with E-state index in [2.05, 4.69) is 0 Å². The first-order valence-electron chi connectivity index (χ1n) is 8.38. The number of nitrogens with zero attached hydrogens (tertiary/aromatic N) is 1. The van der Waals surface area contributed by atoms with Crippen molar-refractivity contribution in [2.24, 2.45) is 5.41 Å². The molecule has 1 aliphatic carbocycles. The van der Waals surface area contributed by atoms with Crippen molar-refractivity contribution >= 4 is 11.8 Å². The van der Waals surface area contributed by atoms with Gasteiger partial charge in [0.1, 0.15) is 5.82 Å². The van der Waals surface area contributed by atoms with Gasteiger partial charge in [0.2, 0.25) is 11.8 Å². The fourth-order valence-corrected chi connectivity index (χ4v) is 3.86. The third-order valence-electron chi connectivity index (χ3n) is 5.35. The smallest absolute Gasteiger partial charge is 0.263 e. The van der Waals surface area contributed by atoms with Crippen molar-refractivity contribution in [1.29, 1.82) is 0 Å². The highest BCUT2D eigenvalue weighted by atomic mass is 19.3. The van der Waals surface area contributed by atoms with E-state index in [4.69, 9.17) is 0 Å². The van der Waals surface area contributed by atoms with Crippen molar-refractivity contribution in [3.8, 4) is 0 Å². The van der Waals surface area contributed by atoms with Gasteiger partial charge in [-0.25, -0.2) is 13.2 Å². The molecule has 1 spiro atoms. The predicted molar refractivity (Wildman–Crippen MR) is 87.8 cm³/mol. The molecule has 2 amide bonds. The van der Waals surface area contributed by atoms with Gasteiger partial charge in [0.15, 0.2) is 0 Å². The maximum absolute atomic E-state index is 14.3. The Morgan fingerprint density at radius 2 is 1.85 bits per heavy atom. The molecule has 134 valence electrons. The summed E-state index contributed by atoms with van der Waals surface area (Å²) < 4.78 is 39.6. The van der Waals surface area contributed by atoms with E-state index >= 15 is 0 Å². The van der Waals surface area contributed by atoms with E-state index in [1.165, 1.54) is 17.0 Å². The molecule has 0 radical (unpaired) electrons. The first-order valence-corrected chi connectivity index (χ1v) is 8.38. The maximum Gasteiger partial charge on any atom is 0.263 e. The van der Waals surface area contributed by atoms with E-state index < -0.39 is 23.6 Å². The van der Waals surface area contributed by atoms with Crippen molar-refractivity contribution in [3.05, 3.63) is 71.0 Å². The van der Waals surface area contributed by atoms with Crippen LogP contribution in [0.5, 0.6) is 0 Å². The van der Waals surface area contributed by atoms with Gasteiger partial charge in [-0.15, -0.1) is 0 Å². The summed E-state index contributed by atoms with van der Waals surface area (Å²) in [7, 11) is 0. The lowest BCUT2D eigenvalue weighted by molar-refractivity contribution is -0.140. The van der Waals surface area contributed by atoms with Crippen LogP contribution in [0.15, 0.2) is 48.5 Å². The highest BCUT2D eigenvalue weighted by Gasteiger charge is 2.67. The lowest BCUT2D eigenvalue weighted by Crippen LogP contribution is -2.30. The Kier molecular flexibility index (Phi) is 3.86. The van der Waals surface area contributed by atoms with Crippen LogP contribution in [0.2, 0.25) is 0 Å². The standard InChI is InChI=1S/C20H16F3NO2/c21-16-8-13(18(22)23)6-7-14(16)15-9-20(15)10-17(25)24(19(20)26)11-12-4-2-1-3-5-12/h1-8,15,18H,9-11H2. The third-order valence-corrected chi connectivity index (χ3v) is 5.35. The summed E-state index contributed by atoms with van der Waals surface area (Å²) in [5, 5.41) is 0. The van der Waals surface area contributed by atoms with Crippen molar-refractivity contribution in [2.45, 2.75) is 31.7 Å². The molecule has 2 aliphatic rings. The highest BCUT2D eigenvalue weighted by molar-refractivity contribution is 6.08. The number of carbonyl (C=O) groups is 2. The average Bonchev–Trinajstić information content (AvgIpc) is 3.28. The van der Waals surface area contributed by atoms with E-state index in [1.807, 2.05) is 30.3 Å². The lowest BCUT2D eigenvalue weighted by Gasteiger charge is -2.15. The van der Waals surface area contributed by atoms with Crippen LogP contribution in [0.1, 0.15) is 41.9 Å². The summed E-state index contributed by atoms with van der Waals surface area (Å²) in [5.74, 6) is -1.75. The van der Waals surface area contributed by atoms with Gasteiger partial charge in [0.25, 0.3) is 6.43 Å². The van der Waals surface area contributed by atoms with E-state index in [-0.39, 0.29) is 35.9 Å². The van der Waals surface area contributed by atoms with Crippen molar-refractivity contribution in [3.63, 3.8) is 0 Å². The number of hydrogen-bond donors (Lipinski definition) is 0. The van der Waals surface area contributed by atoms with Crippen LogP contribution >= 0.6 is 0 Å². The van der Waals surface area contributed by atoms with Crippen LogP contribution in [0.3, 0.4) is 0 Å². The van der Waals surface area contributed by atoms with Gasteiger partial charge in [-0.05, 0) is 23.6 Å².